The van der Waals surface area contributed by atoms with Gasteiger partial charge in [-0.3, -0.25) is 0 Å². The molecule has 0 aromatic carbocycles. The minimum atomic E-state index is -1.54. The highest BCUT2D eigenvalue weighted by Crippen LogP contribution is 2.66. The first kappa shape index (κ1) is 13.6. The zero-order valence-corrected chi connectivity index (χ0v) is 13.3. The summed E-state index contributed by atoms with van der Waals surface area (Å²) in [6.45, 7) is 11.5. The van der Waals surface area contributed by atoms with E-state index in [9.17, 15) is 5.11 Å². The van der Waals surface area contributed by atoms with Crippen LogP contribution in [0.4, 0.5) is 0 Å². The van der Waals surface area contributed by atoms with Crippen molar-refractivity contribution in [3.8, 4) is 0 Å². The Bertz CT molecular complexity index is 257. The Morgan fingerprint density at radius 3 is 1.71 bits per heavy atom. The van der Waals surface area contributed by atoms with Crippen LogP contribution >= 0.6 is 0 Å². The first-order chi connectivity index (χ1) is 7.82. The molecule has 2 fully saturated rings. The van der Waals surface area contributed by atoms with Crippen LogP contribution < -0.4 is 0 Å². The molecule has 0 radical (unpaired) electrons. The van der Waals surface area contributed by atoms with E-state index in [0.717, 1.165) is 23.0 Å². The van der Waals surface area contributed by atoms with Crippen molar-refractivity contribution in [3.63, 3.8) is 0 Å². The Labute approximate surface area is 108 Å². The summed E-state index contributed by atoms with van der Waals surface area (Å²) in [5.74, 6) is 0.619. The summed E-state index contributed by atoms with van der Waals surface area (Å²) in [4.78, 5) is 0. The van der Waals surface area contributed by atoms with Gasteiger partial charge < -0.3 is 5.11 Å². The topological polar surface area (TPSA) is 20.2 Å². The van der Waals surface area contributed by atoms with E-state index < -0.39 is 8.07 Å². The molecule has 2 aliphatic carbocycles. The van der Waals surface area contributed by atoms with Crippen LogP contribution in [0.2, 0.25) is 16.6 Å². The average molecular weight is 254 g/mol. The fraction of sp³-hybridized carbons (Fsp3) is 1.00. The quantitative estimate of drug-likeness (QED) is 0.692. The molecule has 0 aromatic heterocycles. The van der Waals surface area contributed by atoms with Gasteiger partial charge >= 0.3 is 0 Å². The first-order valence-corrected chi connectivity index (χ1v) is 9.78. The van der Waals surface area contributed by atoms with E-state index >= 15 is 0 Å². The summed E-state index contributed by atoms with van der Waals surface area (Å²) in [6.07, 6.45) is 6.67. The fourth-order valence-corrected chi connectivity index (χ4v) is 13.4. The van der Waals surface area contributed by atoms with E-state index in [2.05, 4.69) is 34.6 Å². The lowest BCUT2D eigenvalue weighted by Gasteiger charge is -2.49. The average Bonchev–Trinajstić information content (AvgIpc) is 2.94. The van der Waals surface area contributed by atoms with Crippen molar-refractivity contribution in [2.45, 2.75) is 88.6 Å². The van der Waals surface area contributed by atoms with Crippen LogP contribution in [0.5, 0.6) is 0 Å². The van der Waals surface area contributed by atoms with E-state index in [0.29, 0.717) is 5.92 Å². The fourth-order valence-electron chi connectivity index (χ4n) is 4.87. The van der Waals surface area contributed by atoms with E-state index in [4.69, 9.17) is 0 Å². The molecule has 1 unspecified atom stereocenters. The maximum atomic E-state index is 11.2. The molecule has 0 spiro atoms. The smallest absolute Gasteiger partial charge is 0.0994 e. The van der Waals surface area contributed by atoms with Crippen LogP contribution in [-0.2, 0) is 0 Å². The Hall–Kier alpha value is 0.177. The van der Waals surface area contributed by atoms with Gasteiger partial charge in [0.1, 0.15) is 0 Å². The molecule has 0 heterocycles. The summed E-state index contributed by atoms with van der Waals surface area (Å²) in [5.41, 5.74) is 2.61. The number of hydrogen-bond donors (Lipinski definition) is 1. The van der Waals surface area contributed by atoms with Crippen LogP contribution in [0.1, 0.15) is 66.7 Å². The second-order valence-corrected chi connectivity index (χ2v) is 13.2. The second kappa shape index (κ2) is 4.38. The van der Waals surface area contributed by atoms with Gasteiger partial charge in [0, 0.05) is 0 Å². The van der Waals surface area contributed by atoms with Crippen molar-refractivity contribution >= 4 is 8.07 Å². The lowest BCUT2D eigenvalue weighted by Crippen LogP contribution is -2.60. The molecule has 2 rings (SSSR count). The molecule has 1 atom stereocenters. The van der Waals surface area contributed by atoms with Gasteiger partial charge in [0.2, 0.25) is 0 Å². The van der Waals surface area contributed by atoms with Gasteiger partial charge in [-0.25, -0.2) is 0 Å². The second-order valence-electron chi connectivity index (χ2n) is 7.51. The molecule has 2 aliphatic rings. The van der Waals surface area contributed by atoms with Crippen molar-refractivity contribution < 1.29 is 5.11 Å². The highest BCUT2D eigenvalue weighted by Gasteiger charge is 2.65. The molecule has 0 aromatic rings. The van der Waals surface area contributed by atoms with E-state index in [1.807, 2.05) is 0 Å². The SMILES string of the molecule is CC(C)CC(C)(O)[Si](C(C)C)(C1CC1)C1CC1. The van der Waals surface area contributed by atoms with Crippen molar-refractivity contribution in [1.82, 2.24) is 0 Å². The van der Waals surface area contributed by atoms with Gasteiger partial charge in [-0.15, -0.1) is 0 Å². The third kappa shape index (κ3) is 2.23. The van der Waals surface area contributed by atoms with E-state index in [1.165, 1.54) is 25.7 Å². The maximum Gasteiger partial charge on any atom is 0.0994 e. The van der Waals surface area contributed by atoms with Gasteiger partial charge in [-0.1, -0.05) is 53.4 Å². The summed E-state index contributed by atoms with van der Waals surface area (Å²) in [7, 11) is -1.54. The van der Waals surface area contributed by atoms with Crippen LogP contribution in [0.25, 0.3) is 0 Å². The number of aliphatic hydroxyl groups is 1. The third-order valence-corrected chi connectivity index (χ3v) is 13.0. The normalized spacial score (nSPS) is 25.4. The van der Waals surface area contributed by atoms with Crippen LogP contribution in [0, 0.1) is 5.92 Å². The Kier molecular flexibility index (Phi) is 3.50. The molecule has 2 saturated carbocycles. The van der Waals surface area contributed by atoms with Crippen molar-refractivity contribution in [1.29, 1.82) is 0 Å². The van der Waals surface area contributed by atoms with Crippen molar-refractivity contribution in [3.05, 3.63) is 0 Å². The minimum Gasteiger partial charge on any atom is -0.394 e. The van der Waals surface area contributed by atoms with E-state index in [1.54, 1.807) is 0 Å². The van der Waals surface area contributed by atoms with Gasteiger partial charge in [0.15, 0.2) is 0 Å². The zero-order valence-electron chi connectivity index (χ0n) is 12.3. The largest absolute Gasteiger partial charge is 0.394 e. The number of rotatable bonds is 6. The maximum absolute atomic E-state index is 11.2. The lowest BCUT2D eigenvalue weighted by molar-refractivity contribution is 0.105. The third-order valence-electron chi connectivity index (χ3n) is 5.20. The lowest BCUT2D eigenvalue weighted by atomic mass is 10.1. The summed E-state index contributed by atoms with van der Waals surface area (Å²) >= 11 is 0. The first-order valence-electron chi connectivity index (χ1n) is 7.54. The Balaban J connectivity index is 2.30. The molecule has 17 heavy (non-hydrogen) atoms. The van der Waals surface area contributed by atoms with Gasteiger partial charge in [-0.05, 0) is 35.9 Å². The van der Waals surface area contributed by atoms with E-state index in [-0.39, 0.29) is 5.22 Å². The van der Waals surface area contributed by atoms with Gasteiger partial charge in [0.05, 0.1) is 13.3 Å². The standard InChI is InChI=1S/C15H30OSi/c1-11(2)10-15(5,16)17(12(3)4,13-6-7-13)14-8-9-14/h11-14,16H,6-10H2,1-5H3. The minimum absolute atomic E-state index is 0.336. The molecule has 2 heteroatoms. The monoisotopic (exact) mass is 254 g/mol. The molecule has 1 N–H and O–H groups in total. The van der Waals surface area contributed by atoms with Gasteiger partial charge in [-0.2, -0.15) is 0 Å². The molecule has 0 amide bonds. The summed E-state index contributed by atoms with van der Waals surface area (Å²) in [6, 6.07) is 0. The Morgan fingerprint density at radius 2 is 1.47 bits per heavy atom. The van der Waals surface area contributed by atoms with Gasteiger partial charge in [0.25, 0.3) is 0 Å². The molecular weight excluding hydrogens is 224 g/mol. The molecule has 100 valence electrons. The Morgan fingerprint density at radius 1 is 1.06 bits per heavy atom. The summed E-state index contributed by atoms with van der Waals surface area (Å²) in [5, 5.41) is 10.9. The van der Waals surface area contributed by atoms with Crippen molar-refractivity contribution in [2.24, 2.45) is 5.92 Å². The molecule has 0 saturated heterocycles. The molecule has 0 bridgehead atoms. The molecule has 0 aliphatic heterocycles. The number of hydrogen-bond acceptors (Lipinski definition) is 1. The zero-order chi connectivity index (χ0) is 12.8. The van der Waals surface area contributed by atoms with Crippen LogP contribution in [-0.4, -0.2) is 18.4 Å². The predicted octanol–water partition coefficient (Wildman–Crippen LogP) is 4.51. The highest BCUT2D eigenvalue weighted by molar-refractivity contribution is 6.87. The highest BCUT2D eigenvalue weighted by atomic mass is 28.3. The summed E-state index contributed by atoms with van der Waals surface area (Å²) < 4.78 is 0. The van der Waals surface area contributed by atoms with Crippen molar-refractivity contribution in [2.75, 3.05) is 0 Å². The van der Waals surface area contributed by atoms with Crippen LogP contribution in [0.3, 0.4) is 0 Å². The molecular formula is C15H30OSi. The predicted molar refractivity (Wildman–Crippen MR) is 76.9 cm³/mol. The van der Waals surface area contributed by atoms with Crippen LogP contribution in [0.15, 0.2) is 0 Å². The molecule has 1 nitrogen and oxygen atoms in total.